The molecule has 1 aliphatic rings. The smallest absolute Gasteiger partial charge is 0.404 e. The third-order valence-electron chi connectivity index (χ3n) is 2.47. The van der Waals surface area contributed by atoms with Gasteiger partial charge in [-0.2, -0.15) is 0 Å². The van der Waals surface area contributed by atoms with Crippen LogP contribution in [0.1, 0.15) is 32.6 Å². The van der Waals surface area contributed by atoms with Gasteiger partial charge in [0.1, 0.15) is 0 Å². The summed E-state index contributed by atoms with van der Waals surface area (Å²) in [5.41, 5.74) is -0.864. The number of carboxylic acid groups (broad SMARTS) is 1. The van der Waals surface area contributed by atoms with E-state index in [9.17, 15) is 9.90 Å². The first-order valence-corrected chi connectivity index (χ1v) is 4.24. The number of amides is 1. The van der Waals surface area contributed by atoms with Gasteiger partial charge in [0.25, 0.3) is 0 Å². The number of nitrogens with one attached hydrogen (secondary N) is 1. The Morgan fingerprint density at radius 2 is 2.25 bits per heavy atom. The first kappa shape index (κ1) is 9.32. The minimum Gasteiger partial charge on any atom is -0.465 e. The molecule has 12 heavy (non-hydrogen) atoms. The van der Waals surface area contributed by atoms with Crippen molar-refractivity contribution in [2.24, 2.45) is 0 Å². The maximum atomic E-state index is 10.3. The highest BCUT2D eigenvalue weighted by Crippen LogP contribution is 2.27. The summed E-state index contributed by atoms with van der Waals surface area (Å²) in [6.45, 7) is 1.69. The molecule has 0 heterocycles. The molecule has 0 radical (unpaired) electrons. The van der Waals surface area contributed by atoms with E-state index in [1.54, 1.807) is 6.92 Å². The number of rotatable bonds is 1. The Hall–Kier alpha value is -0.770. The number of hydrogen-bond acceptors (Lipinski definition) is 2. The third-order valence-corrected chi connectivity index (χ3v) is 2.47. The molecule has 0 bridgehead atoms. The molecule has 0 aromatic carbocycles. The Labute approximate surface area is 71.6 Å². The van der Waals surface area contributed by atoms with Crippen molar-refractivity contribution in [1.29, 1.82) is 0 Å². The van der Waals surface area contributed by atoms with Crippen LogP contribution in [0, 0.1) is 0 Å². The van der Waals surface area contributed by atoms with Gasteiger partial charge in [-0.25, -0.2) is 4.79 Å². The highest BCUT2D eigenvalue weighted by atomic mass is 16.4. The summed E-state index contributed by atoms with van der Waals surface area (Å²) in [4.78, 5) is 10.3. The van der Waals surface area contributed by atoms with Crippen molar-refractivity contribution in [3.8, 4) is 0 Å². The van der Waals surface area contributed by atoms with Crippen LogP contribution in [0.25, 0.3) is 0 Å². The average Bonchev–Trinajstić information content (AvgIpc) is 1.92. The highest BCUT2D eigenvalue weighted by molar-refractivity contribution is 5.65. The summed E-state index contributed by atoms with van der Waals surface area (Å²) in [5.74, 6) is 0. The van der Waals surface area contributed by atoms with E-state index >= 15 is 0 Å². The zero-order valence-electron chi connectivity index (χ0n) is 7.21. The monoisotopic (exact) mass is 173 g/mol. The number of aliphatic hydroxyl groups is 1. The molecule has 1 aliphatic carbocycles. The molecule has 0 saturated heterocycles. The lowest BCUT2D eigenvalue weighted by Crippen LogP contribution is -2.52. The van der Waals surface area contributed by atoms with Crippen LogP contribution in [0.15, 0.2) is 0 Å². The van der Waals surface area contributed by atoms with Gasteiger partial charge >= 0.3 is 6.09 Å². The van der Waals surface area contributed by atoms with Crippen molar-refractivity contribution in [2.45, 2.75) is 44.2 Å². The van der Waals surface area contributed by atoms with Gasteiger partial charge in [-0.05, 0) is 19.8 Å². The van der Waals surface area contributed by atoms with Gasteiger partial charge < -0.3 is 15.5 Å². The molecular weight excluding hydrogens is 158 g/mol. The molecule has 1 saturated carbocycles. The summed E-state index contributed by atoms with van der Waals surface area (Å²) in [7, 11) is 0. The Kier molecular flexibility index (Phi) is 2.57. The zero-order chi connectivity index (χ0) is 9.19. The minimum atomic E-state index is -1.05. The molecule has 70 valence electrons. The fraction of sp³-hybridized carbons (Fsp3) is 0.875. The molecule has 1 rings (SSSR count). The lowest BCUT2D eigenvalue weighted by atomic mass is 9.82. The molecule has 0 aromatic rings. The largest absolute Gasteiger partial charge is 0.465 e. The van der Waals surface area contributed by atoms with E-state index in [0.29, 0.717) is 6.42 Å². The standard InChI is InChI=1S/C8H15NO3/c1-8(12)5-3-2-4-6(8)9-7(10)11/h6,9,12H,2-5H2,1H3,(H,10,11)/t6-,8-/m0/s1. The molecule has 0 aromatic heterocycles. The lowest BCUT2D eigenvalue weighted by Gasteiger charge is -2.36. The molecular formula is C8H15NO3. The topological polar surface area (TPSA) is 69.6 Å². The second-order valence-corrected chi connectivity index (χ2v) is 3.61. The summed E-state index contributed by atoms with van der Waals surface area (Å²) in [5, 5.41) is 20.6. The summed E-state index contributed by atoms with van der Waals surface area (Å²) < 4.78 is 0. The van der Waals surface area contributed by atoms with Crippen molar-refractivity contribution in [1.82, 2.24) is 5.32 Å². The molecule has 0 aliphatic heterocycles. The van der Waals surface area contributed by atoms with Gasteiger partial charge in [-0.15, -0.1) is 0 Å². The summed E-state index contributed by atoms with van der Waals surface area (Å²) in [6.07, 6.45) is 2.32. The van der Waals surface area contributed by atoms with E-state index in [2.05, 4.69) is 5.32 Å². The molecule has 4 heteroatoms. The normalized spacial score (nSPS) is 36.0. The van der Waals surface area contributed by atoms with Crippen molar-refractivity contribution in [2.75, 3.05) is 0 Å². The second kappa shape index (κ2) is 3.31. The molecule has 2 atom stereocenters. The Balaban J connectivity index is 2.54. The van der Waals surface area contributed by atoms with E-state index in [0.717, 1.165) is 19.3 Å². The predicted molar refractivity (Wildman–Crippen MR) is 44.0 cm³/mol. The van der Waals surface area contributed by atoms with Crippen LogP contribution in [-0.2, 0) is 0 Å². The molecule has 0 spiro atoms. The Morgan fingerprint density at radius 1 is 1.58 bits per heavy atom. The third kappa shape index (κ3) is 2.11. The van der Waals surface area contributed by atoms with Crippen molar-refractivity contribution in [3.05, 3.63) is 0 Å². The van der Waals surface area contributed by atoms with Crippen LogP contribution >= 0.6 is 0 Å². The van der Waals surface area contributed by atoms with Crippen molar-refractivity contribution in [3.63, 3.8) is 0 Å². The summed E-state index contributed by atoms with van der Waals surface area (Å²) >= 11 is 0. The lowest BCUT2D eigenvalue weighted by molar-refractivity contribution is -0.00839. The van der Waals surface area contributed by atoms with E-state index in [-0.39, 0.29) is 6.04 Å². The number of hydrogen-bond donors (Lipinski definition) is 3. The van der Waals surface area contributed by atoms with Crippen LogP contribution in [-0.4, -0.2) is 27.9 Å². The number of carbonyl (C=O) groups is 1. The zero-order valence-corrected chi connectivity index (χ0v) is 7.21. The van der Waals surface area contributed by atoms with E-state index in [1.165, 1.54) is 0 Å². The average molecular weight is 173 g/mol. The van der Waals surface area contributed by atoms with Crippen LogP contribution in [0.4, 0.5) is 4.79 Å². The van der Waals surface area contributed by atoms with Crippen molar-refractivity contribution >= 4 is 6.09 Å². The van der Waals surface area contributed by atoms with Crippen LogP contribution in [0.3, 0.4) is 0 Å². The first-order chi connectivity index (χ1) is 5.52. The first-order valence-electron chi connectivity index (χ1n) is 4.24. The van der Waals surface area contributed by atoms with Gasteiger partial charge in [0.2, 0.25) is 0 Å². The molecule has 1 amide bonds. The van der Waals surface area contributed by atoms with E-state index in [1.807, 2.05) is 0 Å². The fourth-order valence-electron chi connectivity index (χ4n) is 1.69. The van der Waals surface area contributed by atoms with Crippen molar-refractivity contribution < 1.29 is 15.0 Å². The maximum absolute atomic E-state index is 10.3. The second-order valence-electron chi connectivity index (χ2n) is 3.61. The van der Waals surface area contributed by atoms with Crippen LogP contribution in [0.5, 0.6) is 0 Å². The predicted octanol–water partition coefficient (Wildman–Crippen LogP) is 0.948. The fourth-order valence-corrected chi connectivity index (χ4v) is 1.69. The van der Waals surface area contributed by atoms with Gasteiger partial charge in [0, 0.05) is 0 Å². The van der Waals surface area contributed by atoms with Crippen LogP contribution < -0.4 is 5.32 Å². The minimum absolute atomic E-state index is 0.302. The van der Waals surface area contributed by atoms with Gasteiger partial charge in [-0.3, -0.25) is 0 Å². The molecule has 4 nitrogen and oxygen atoms in total. The molecule has 0 unspecified atom stereocenters. The van der Waals surface area contributed by atoms with Gasteiger partial charge in [0.15, 0.2) is 0 Å². The SMILES string of the molecule is C[C@]1(O)CCCC[C@@H]1NC(=O)O. The van der Waals surface area contributed by atoms with E-state index in [4.69, 9.17) is 5.11 Å². The van der Waals surface area contributed by atoms with Gasteiger partial charge in [-0.1, -0.05) is 12.8 Å². The Bertz CT molecular complexity index is 179. The maximum Gasteiger partial charge on any atom is 0.404 e. The van der Waals surface area contributed by atoms with Gasteiger partial charge in [0.05, 0.1) is 11.6 Å². The Morgan fingerprint density at radius 3 is 2.75 bits per heavy atom. The summed E-state index contributed by atoms with van der Waals surface area (Å²) in [6, 6.07) is -0.302. The molecule has 3 N–H and O–H groups in total. The highest BCUT2D eigenvalue weighted by Gasteiger charge is 2.35. The quantitative estimate of drug-likeness (QED) is 0.553. The van der Waals surface area contributed by atoms with Crippen LogP contribution in [0.2, 0.25) is 0 Å². The molecule has 1 fully saturated rings. The van der Waals surface area contributed by atoms with E-state index < -0.39 is 11.7 Å².